The van der Waals surface area contributed by atoms with Crippen LogP contribution in [0.1, 0.15) is 24.5 Å². The van der Waals surface area contributed by atoms with Crippen LogP contribution in [0, 0.1) is 6.92 Å². The van der Waals surface area contributed by atoms with E-state index in [0.717, 1.165) is 18.7 Å². The summed E-state index contributed by atoms with van der Waals surface area (Å²) in [4.78, 5) is 17.5. The maximum Gasteiger partial charge on any atom is 0.326 e. The SMILES string of the molecule is COCC1(C(=O)O)CCCN1Cc1ncc(C)o1. The molecule has 2 rings (SSSR count). The van der Waals surface area contributed by atoms with Gasteiger partial charge in [-0.05, 0) is 26.3 Å². The van der Waals surface area contributed by atoms with Crippen molar-refractivity contribution in [3.63, 3.8) is 0 Å². The van der Waals surface area contributed by atoms with Gasteiger partial charge in [0, 0.05) is 7.11 Å². The van der Waals surface area contributed by atoms with Crippen molar-refractivity contribution in [2.45, 2.75) is 31.8 Å². The molecule has 0 spiro atoms. The molecule has 18 heavy (non-hydrogen) atoms. The van der Waals surface area contributed by atoms with E-state index in [9.17, 15) is 9.90 Å². The van der Waals surface area contributed by atoms with Crippen LogP contribution in [-0.2, 0) is 16.1 Å². The average molecular weight is 254 g/mol. The van der Waals surface area contributed by atoms with Crippen molar-refractivity contribution < 1.29 is 19.1 Å². The second kappa shape index (κ2) is 5.07. The molecule has 0 aromatic carbocycles. The number of carboxylic acids is 1. The van der Waals surface area contributed by atoms with Crippen LogP contribution in [0.4, 0.5) is 0 Å². The van der Waals surface area contributed by atoms with Crippen molar-refractivity contribution in [1.82, 2.24) is 9.88 Å². The highest BCUT2D eigenvalue weighted by Gasteiger charge is 2.48. The van der Waals surface area contributed by atoms with Gasteiger partial charge in [0.2, 0.25) is 5.89 Å². The van der Waals surface area contributed by atoms with Gasteiger partial charge in [-0.3, -0.25) is 9.69 Å². The molecule has 2 heterocycles. The quantitative estimate of drug-likeness (QED) is 0.846. The molecule has 1 N–H and O–H groups in total. The van der Waals surface area contributed by atoms with E-state index in [1.165, 1.54) is 7.11 Å². The molecule has 0 aliphatic carbocycles. The Hall–Kier alpha value is -1.40. The van der Waals surface area contributed by atoms with Gasteiger partial charge in [0.25, 0.3) is 0 Å². The van der Waals surface area contributed by atoms with Gasteiger partial charge in [0.15, 0.2) is 0 Å². The molecule has 6 heteroatoms. The first-order chi connectivity index (χ1) is 8.58. The number of oxazole rings is 1. The van der Waals surface area contributed by atoms with Crippen LogP contribution in [0.5, 0.6) is 0 Å². The van der Waals surface area contributed by atoms with Gasteiger partial charge >= 0.3 is 5.97 Å². The third-order valence-electron chi connectivity index (χ3n) is 3.40. The summed E-state index contributed by atoms with van der Waals surface area (Å²) in [6.07, 6.45) is 3.08. The van der Waals surface area contributed by atoms with Gasteiger partial charge < -0.3 is 14.3 Å². The lowest BCUT2D eigenvalue weighted by Crippen LogP contribution is -2.53. The number of rotatable bonds is 5. The maximum absolute atomic E-state index is 11.5. The molecular weight excluding hydrogens is 236 g/mol. The van der Waals surface area contributed by atoms with E-state index < -0.39 is 11.5 Å². The second-order valence-corrected chi connectivity index (χ2v) is 4.66. The van der Waals surface area contributed by atoms with Crippen LogP contribution in [0.25, 0.3) is 0 Å². The van der Waals surface area contributed by atoms with E-state index in [-0.39, 0.29) is 6.61 Å². The van der Waals surface area contributed by atoms with Gasteiger partial charge in [-0.2, -0.15) is 0 Å². The molecule has 6 nitrogen and oxygen atoms in total. The van der Waals surface area contributed by atoms with Crippen molar-refractivity contribution in [1.29, 1.82) is 0 Å². The fraction of sp³-hybridized carbons (Fsp3) is 0.667. The molecule has 0 amide bonds. The normalized spacial score (nSPS) is 24.6. The minimum atomic E-state index is -0.947. The summed E-state index contributed by atoms with van der Waals surface area (Å²) < 4.78 is 10.5. The number of carboxylic acid groups (broad SMARTS) is 1. The average Bonchev–Trinajstić information content (AvgIpc) is 2.88. The van der Waals surface area contributed by atoms with Gasteiger partial charge in [-0.1, -0.05) is 0 Å². The Balaban J connectivity index is 2.17. The Morgan fingerprint density at radius 1 is 1.72 bits per heavy atom. The van der Waals surface area contributed by atoms with E-state index in [4.69, 9.17) is 9.15 Å². The molecule has 0 bridgehead atoms. The number of hydrogen-bond donors (Lipinski definition) is 1. The van der Waals surface area contributed by atoms with Crippen LogP contribution in [-0.4, -0.2) is 46.8 Å². The fourth-order valence-corrected chi connectivity index (χ4v) is 2.51. The molecule has 1 saturated heterocycles. The highest BCUT2D eigenvalue weighted by molar-refractivity contribution is 5.79. The topological polar surface area (TPSA) is 75.8 Å². The Morgan fingerprint density at radius 3 is 3.06 bits per heavy atom. The van der Waals surface area contributed by atoms with E-state index in [1.807, 2.05) is 11.8 Å². The zero-order valence-corrected chi connectivity index (χ0v) is 10.7. The number of nitrogens with zero attached hydrogens (tertiary/aromatic N) is 2. The number of aliphatic carboxylic acids is 1. The molecule has 1 aliphatic heterocycles. The predicted molar refractivity (Wildman–Crippen MR) is 63.1 cm³/mol. The summed E-state index contributed by atoms with van der Waals surface area (Å²) in [6, 6.07) is 0. The first-order valence-corrected chi connectivity index (χ1v) is 5.97. The summed E-state index contributed by atoms with van der Waals surface area (Å²) >= 11 is 0. The number of carbonyl (C=O) groups is 1. The van der Waals surface area contributed by atoms with E-state index >= 15 is 0 Å². The van der Waals surface area contributed by atoms with Crippen LogP contribution in [0.15, 0.2) is 10.6 Å². The van der Waals surface area contributed by atoms with Crippen LogP contribution in [0.2, 0.25) is 0 Å². The molecular formula is C12H18N2O4. The number of ether oxygens (including phenoxy) is 1. The van der Waals surface area contributed by atoms with Gasteiger partial charge in [-0.25, -0.2) is 4.98 Å². The first-order valence-electron chi connectivity index (χ1n) is 5.97. The molecule has 1 aromatic heterocycles. The van der Waals surface area contributed by atoms with Crippen LogP contribution < -0.4 is 0 Å². The second-order valence-electron chi connectivity index (χ2n) is 4.66. The molecule has 1 aromatic rings. The highest BCUT2D eigenvalue weighted by Crippen LogP contribution is 2.31. The molecule has 1 aliphatic rings. The lowest BCUT2D eigenvalue weighted by molar-refractivity contribution is -0.153. The summed E-state index contributed by atoms with van der Waals surface area (Å²) in [5, 5.41) is 9.48. The largest absolute Gasteiger partial charge is 0.480 e. The Morgan fingerprint density at radius 2 is 2.50 bits per heavy atom. The van der Waals surface area contributed by atoms with Crippen LogP contribution >= 0.6 is 0 Å². The number of aryl methyl sites for hydroxylation is 1. The fourth-order valence-electron chi connectivity index (χ4n) is 2.51. The van der Waals surface area contributed by atoms with Crippen molar-refractivity contribution >= 4 is 5.97 Å². The van der Waals surface area contributed by atoms with Gasteiger partial charge in [0.05, 0.1) is 19.3 Å². The van der Waals surface area contributed by atoms with Gasteiger partial charge in [0.1, 0.15) is 11.3 Å². The monoisotopic (exact) mass is 254 g/mol. The van der Waals surface area contributed by atoms with Crippen molar-refractivity contribution in [3.05, 3.63) is 17.8 Å². The van der Waals surface area contributed by atoms with E-state index in [1.54, 1.807) is 6.20 Å². The summed E-state index contributed by atoms with van der Waals surface area (Å²) in [7, 11) is 1.52. The lowest BCUT2D eigenvalue weighted by Gasteiger charge is -2.33. The van der Waals surface area contributed by atoms with Crippen molar-refractivity contribution in [2.75, 3.05) is 20.3 Å². The van der Waals surface area contributed by atoms with Crippen LogP contribution in [0.3, 0.4) is 0 Å². The minimum absolute atomic E-state index is 0.183. The van der Waals surface area contributed by atoms with Crippen molar-refractivity contribution in [2.24, 2.45) is 0 Å². The summed E-state index contributed by atoms with van der Waals surface area (Å²) in [5.41, 5.74) is -0.947. The Labute approximate surface area is 106 Å². The smallest absolute Gasteiger partial charge is 0.326 e. The maximum atomic E-state index is 11.5. The molecule has 1 atom stereocenters. The van der Waals surface area contributed by atoms with E-state index in [2.05, 4.69) is 4.98 Å². The third kappa shape index (κ3) is 2.26. The zero-order valence-electron chi connectivity index (χ0n) is 10.7. The predicted octanol–water partition coefficient (Wildman–Crippen LogP) is 1.05. The standard InChI is InChI=1S/C12H18N2O4/c1-9-6-13-10(18-9)7-14-5-3-4-12(14,8-17-2)11(15)16/h6H,3-5,7-8H2,1-2H3,(H,15,16). The minimum Gasteiger partial charge on any atom is -0.480 e. The molecule has 0 radical (unpaired) electrons. The molecule has 100 valence electrons. The summed E-state index contributed by atoms with van der Waals surface area (Å²) in [6.45, 7) is 3.13. The Kier molecular flexibility index (Phi) is 3.68. The van der Waals surface area contributed by atoms with E-state index in [0.29, 0.717) is 18.9 Å². The molecule has 1 unspecified atom stereocenters. The molecule has 0 saturated carbocycles. The van der Waals surface area contributed by atoms with Crippen molar-refractivity contribution in [3.8, 4) is 0 Å². The number of methoxy groups -OCH3 is 1. The lowest BCUT2D eigenvalue weighted by atomic mass is 9.97. The third-order valence-corrected chi connectivity index (χ3v) is 3.40. The Bertz CT molecular complexity index is 431. The number of likely N-dealkylation sites (tertiary alicyclic amines) is 1. The zero-order chi connectivity index (χ0) is 13.2. The number of hydrogen-bond acceptors (Lipinski definition) is 5. The molecule has 1 fully saturated rings. The first kappa shape index (κ1) is 13.0. The highest BCUT2D eigenvalue weighted by atomic mass is 16.5. The van der Waals surface area contributed by atoms with Gasteiger partial charge in [-0.15, -0.1) is 0 Å². The number of aromatic nitrogens is 1. The summed E-state index contributed by atoms with van der Waals surface area (Å²) in [5.74, 6) is 0.443.